The van der Waals surface area contributed by atoms with Gasteiger partial charge in [0.25, 0.3) is 0 Å². The zero-order valence-electron chi connectivity index (χ0n) is 5.05. The fourth-order valence-electron chi connectivity index (χ4n) is 0.475. The molecule has 0 spiro atoms. The topological polar surface area (TPSA) is 21.6 Å². The molecular weight excluding hydrogens is 122 g/mol. The van der Waals surface area contributed by atoms with Crippen molar-refractivity contribution in [1.82, 2.24) is 0 Å². The number of nitrogens with zero attached hydrogens (tertiary/aromatic N) is 1. The van der Waals surface area contributed by atoms with Gasteiger partial charge in [0.2, 0.25) is 0 Å². The van der Waals surface area contributed by atoms with E-state index in [9.17, 15) is 0 Å². The smallest absolute Gasteiger partial charge is 0.168 e. The third-order valence-electron chi connectivity index (χ3n) is 0.908. The lowest BCUT2D eigenvalue weighted by Crippen LogP contribution is -1.97. The van der Waals surface area contributed by atoms with Crippen molar-refractivity contribution in [3.63, 3.8) is 0 Å². The van der Waals surface area contributed by atoms with Crippen molar-refractivity contribution in [2.75, 3.05) is 5.94 Å². The molecule has 0 bridgehead atoms. The van der Waals surface area contributed by atoms with E-state index < -0.39 is 0 Å². The SMILES string of the molecule is CC(C)C1=NOCS1. The van der Waals surface area contributed by atoms with Gasteiger partial charge in [-0.25, -0.2) is 0 Å². The van der Waals surface area contributed by atoms with Crippen molar-refractivity contribution < 1.29 is 4.84 Å². The van der Waals surface area contributed by atoms with Gasteiger partial charge in [-0.2, -0.15) is 0 Å². The van der Waals surface area contributed by atoms with Gasteiger partial charge >= 0.3 is 0 Å². The minimum absolute atomic E-state index is 0.530. The van der Waals surface area contributed by atoms with E-state index in [4.69, 9.17) is 4.84 Å². The van der Waals surface area contributed by atoms with E-state index in [1.165, 1.54) is 0 Å². The normalized spacial score (nSPS) is 18.6. The number of hydrogen-bond acceptors (Lipinski definition) is 3. The Morgan fingerprint density at radius 3 is 2.75 bits per heavy atom. The summed E-state index contributed by atoms with van der Waals surface area (Å²) in [6.45, 7) is 4.22. The lowest BCUT2D eigenvalue weighted by molar-refractivity contribution is 0.203. The standard InChI is InChI=1S/C5H9NOS/c1-4(2)5-6-7-3-8-5/h4H,3H2,1-2H3. The summed E-state index contributed by atoms with van der Waals surface area (Å²) in [5.41, 5.74) is 0. The molecule has 0 aromatic rings. The molecule has 1 aliphatic rings. The Bertz CT molecular complexity index is 111. The minimum atomic E-state index is 0.530. The van der Waals surface area contributed by atoms with Crippen molar-refractivity contribution in [2.24, 2.45) is 11.1 Å². The summed E-state index contributed by atoms with van der Waals surface area (Å²) in [7, 11) is 0. The highest BCUT2D eigenvalue weighted by Crippen LogP contribution is 2.18. The van der Waals surface area contributed by atoms with Crippen molar-refractivity contribution in [2.45, 2.75) is 13.8 Å². The zero-order chi connectivity index (χ0) is 5.98. The summed E-state index contributed by atoms with van der Waals surface area (Å²) >= 11 is 1.68. The zero-order valence-corrected chi connectivity index (χ0v) is 5.86. The molecule has 46 valence electrons. The third-order valence-corrected chi connectivity index (χ3v) is 1.97. The maximum Gasteiger partial charge on any atom is 0.168 e. The van der Waals surface area contributed by atoms with Gasteiger partial charge in [0, 0.05) is 5.92 Å². The van der Waals surface area contributed by atoms with Crippen LogP contribution >= 0.6 is 11.8 Å². The highest BCUT2D eigenvalue weighted by Gasteiger charge is 2.11. The Labute approximate surface area is 53.3 Å². The minimum Gasteiger partial charge on any atom is -0.384 e. The first-order valence-corrected chi connectivity index (χ1v) is 3.62. The van der Waals surface area contributed by atoms with Gasteiger partial charge in [-0.05, 0) is 0 Å². The highest BCUT2D eigenvalue weighted by atomic mass is 32.2. The molecule has 0 saturated carbocycles. The summed E-state index contributed by atoms with van der Waals surface area (Å²) in [6, 6.07) is 0. The predicted octanol–water partition coefficient (Wildman–Crippen LogP) is 1.68. The molecule has 3 heteroatoms. The molecule has 1 rings (SSSR count). The van der Waals surface area contributed by atoms with Crippen molar-refractivity contribution in [3.05, 3.63) is 0 Å². The lowest BCUT2D eigenvalue weighted by atomic mass is 10.2. The first-order chi connectivity index (χ1) is 3.80. The molecule has 0 amide bonds. The first-order valence-electron chi connectivity index (χ1n) is 2.63. The monoisotopic (exact) mass is 131 g/mol. The lowest BCUT2D eigenvalue weighted by Gasteiger charge is -1.96. The predicted molar refractivity (Wildman–Crippen MR) is 35.8 cm³/mol. The van der Waals surface area contributed by atoms with Crippen LogP contribution in [-0.4, -0.2) is 11.0 Å². The van der Waals surface area contributed by atoms with Gasteiger partial charge in [0.1, 0.15) is 5.04 Å². The molecule has 0 aliphatic carbocycles. The van der Waals surface area contributed by atoms with Crippen LogP contribution in [0.4, 0.5) is 0 Å². The second-order valence-corrected chi connectivity index (χ2v) is 2.92. The van der Waals surface area contributed by atoms with Gasteiger partial charge in [-0.1, -0.05) is 30.8 Å². The Morgan fingerprint density at radius 1 is 1.75 bits per heavy atom. The maximum absolute atomic E-state index is 4.77. The van der Waals surface area contributed by atoms with E-state index in [2.05, 4.69) is 19.0 Å². The first kappa shape index (κ1) is 5.95. The molecule has 0 N–H and O–H groups in total. The van der Waals surface area contributed by atoms with Crippen LogP contribution in [0.15, 0.2) is 5.16 Å². The number of rotatable bonds is 1. The van der Waals surface area contributed by atoms with Crippen LogP contribution in [0, 0.1) is 5.92 Å². The van der Waals surface area contributed by atoms with Gasteiger partial charge in [0.05, 0.1) is 0 Å². The van der Waals surface area contributed by atoms with Crippen LogP contribution in [0.5, 0.6) is 0 Å². The van der Waals surface area contributed by atoms with Crippen LogP contribution in [0.3, 0.4) is 0 Å². The van der Waals surface area contributed by atoms with E-state index in [0.29, 0.717) is 11.9 Å². The van der Waals surface area contributed by atoms with Crippen LogP contribution < -0.4 is 0 Å². The Hall–Kier alpha value is -0.180. The molecule has 0 radical (unpaired) electrons. The average molecular weight is 131 g/mol. The second kappa shape index (κ2) is 2.40. The van der Waals surface area contributed by atoms with Gasteiger partial charge in [-0.15, -0.1) is 0 Å². The highest BCUT2D eigenvalue weighted by molar-refractivity contribution is 8.14. The van der Waals surface area contributed by atoms with Crippen molar-refractivity contribution in [1.29, 1.82) is 0 Å². The molecule has 1 heterocycles. The van der Waals surface area contributed by atoms with Gasteiger partial charge < -0.3 is 4.84 Å². The molecule has 1 aliphatic heterocycles. The van der Waals surface area contributed by atoms with E-state index in [0.717, 1.165) is 5.04 Å². The fourth-order valence-corrected chi connectivity index (χ4v) is 1.14. The maximum atomic E-state index is 4.77. The Balaban J connectivity index is 2.45. The van der Waals surface area contributed by atoms with E-state index in [1.807, 2.05) is 0 Å². The van der Waals surface area contributed by atoms with Crippen LogP contribution in [0.25, 0.3) is 0 Å². The number of thioether (sulfide) groups is 1. The summed E-state index contributed by atoms with van der Waals surface area (Å²) in [6.07, 6.45) is 0. The van der Waals surface area contributed by atoms with Crippen molar-refractivity contribution in [3.8, 4) is 0 Å². The third kappa shape index (κ3) is 1.15. The Kier molecular flexibility index (Phi) is 1.78. The number of oxime groups is 1. The summed E-state index contributed by atoms with van der Waals surface area (Å²) in [5.74, 6) is 1.23. The van der Waals surface area contributed by atoms with Crippen LogP contribution in [0.2, 0.25) is 0 Å². The molecule has 0 atom stereocenters. The molecule has 2 nitrogen and oxygen atoms in total. The van der Waals surface area contributed by atoms with Gasteiger partial charge in [-0.3, -0.25) is 0 Å². The van der Waals surface area contributed by atoms with E-state index in [-0.39, 0.29) is 0 Å². The molecule has 0 fully saturated rings. The second-order valence-electron chi connectivity index (χ2n) is 1.98. The Morgan fingerprint density at radius 2 is 2.50 bits per heavy atom. The number of hydrogen-bond donors (Lipinski definition) is 0. The molecule has 0 saturated heterocycles. The summed E-state index contributed by atoms with van der Waals surface area (Å²) in [5, 5.41) is 4.93. The molecule has 0 aromatic carbocycles. The largest absolute Gasteiger partial charge is 0.384 e. The molecular formula is C5H9NOS. The van der Waals surface area contributed by atoms with Crippen LogP contribution in [0.1, 0.15) is 13.8 Å². The molecule has 0 aromatic heterocycles. The molecule has 8 heavy (non-hydrogen) atoms. The van der Waals surface area contributed by atoms with Crippen LogP contribution in [-0.2, 0) is 4.84 Å². The average Bonchev–Trinajstić information content (AvgIpc) is 2.12. The quantitative estimate of drug-likeness (QED) is 0.540. The summed E-state index contributed by atoms with van der Waals surface area (Å²) in [4.78, 5) is 4.77. The van der Waals surface area contributed by atoms with E-state index in [1.54, 1.807) is 11.8 Å². The summed E-state index contributed by atoms with van der Waals surface area (Å²) < 4.78 is 0. The van der Waals surface area contributed by atoms with Gasteiger partial charge in [0.15, 0.2) is 5.94 Å². The molecule has 0 unspecified atom stereocenters. The fraction of sp³-hybridized carbons (Fsp3) is 0.800. The van der Waals surface area contributed by atoms with E-state index >= 15 is 0 Å². The van der Waals surface area contributed by atoms with Crippen molar-refractivity contribution >= 4 is 16.8 Å².